The number of piperidine rings is 1. The zero-order chi connectivity index (χ0) is 11.4. The molecule has 16 heavy (non-hydrogen) atoms. The van der Waals surface area contributed by atoms with E-state index in [2.05, 4.69) is 12.2 Å². The first kappa shape index (κ1) is 11.6. The van der Waals surface area contributed by atoms with E-state index < -0.39 is 0 Å². The molecule has 1 unspecified atom stereocenters. The number of rotatable bonds is 3. The van der Waals surface area contributed by atoms with Crippen LogP contribution in [0.3, 0.4) is 0 Å². The Hall–Kier alpha value is -0.870. The first-order chi connectivity index (χ1) is 7.83. The van der Waals surface area contributed by atoms with Crippen molar-refractivity contribution in [1.29, 1.82) is 0 Å². The van der Waals surface area contributed by atoms with E-state index in [0.29, 0.717) is 6.04 Å². The molecular weight excluding hydrogens is 220 g/mol. The third-order valence-electron chi connectivity index (χ3n) is 3.05. The van der Waals surface area contributed by atoms with E-state index in [-0.39, 0.29) is 5.91 Å². The standard InChI is InChI=1S/C12H18N2OS/c1-2-14(10-5-3-7-13-9-10)12(15)11-6-4-8-16-11/h4,6,8,10,13H,2-3,5,7,9H2,1H3. The first-order valence-corrected chi connectivity index (χ1v) is 6.76. The molecule has 1 saturated heterocycles. The Bertz CT molecular complexity index is 331. The molecule has 2 heterocycles. The predicted molar refractivity (Wildman–Crippen MR) is 66.9 cm³/mol. The Morgan fingerprint density at radius 2 is 2.56 bits per heavy atom. The summed E-state index contributed by atoms with van der Waals surface area (Å²) < 4.78 is 0. The maximum absolute atomic E-state index is 12.2. The van der Waals surface area contributed by atoms with Crippen LogP contribution in [0, 0.1) is 0 Å². The van der Waals surface area contributed by atoms with Gasteiger partial charge in [0.15, 0.2) is 0 Å². The summed E-state index contributed by atoms with van der Waals surface area (Å²) in [4.78, 5) is 15.1. The van der Waals surface area contributed by atoms with Crippen molar-refractivity contribution in [3.8, 4) is 0 Å². The first-order valence-electron chi connectivity index (χ1n) is 5.88. The molecule has 1 aromatic heterocycles. The SMILES string of the molecule is CCN(C(=O)c1cccs1)C1CCCNC1. The number of hydrogen-bond acceptors (Lipinski definition) is 3. The van der Waals surface area contributed by atoms with Gasteiger partial charge in [-0.25, -0.2) is 0 Å². The van der Waals surface area contributed by atoms with E-state index in [9.17, 15) is 4.79 Å². The highest BCUT2D eigenvalue weighted by Crippen LogP contribution is 2.17. The highest BCUT2D eigenvalue weighted by molar-refractivity contribution is 7.12. The molecular formula is C12H18N2OS. The van der Waals surface area contributed by atoms with Crippen LogP contribution in [0.4, 0.5) is 0 Å². The van der Waals surface area contributed by atoms with E-state index in [1.807, 2.05) is 22.4 Å². The molecule has 1 aliphatic heterocycles. The molecule has 1 amide bonds. The van der Waals surface area contributed by atoms with Gasteiger partial charge in [0.1, 0.15) is 0 Å². The second-order valence-electron chi connectivity index (χ2n) is 4.07. The number of likely N-dealkylation sites (N-methyl/N-ethyl adjacent to an activating group) is 1. The minimum Gasteiger partial charge on any atom is -0.334 e. The van der Waals surface area contributed by atoms with Gasteiger partial charge in [-0.2, -0.15) is 0 Å². The van der Waals surface area contributed by atoms with Crippen LogP contribution in [-0.2, 0) is 0 Å². The van der Waals surface area contributed by atoms with Crippen molar-refractivity contribution >= 4 is 17.2 Å². The molecule has 0 bridgehead atoms. The van der Waals surface area contributed by atoms with Gasteiger partial charge in [0, 0.05) is 19.1 Å². The van der Waals surface area contributed by atoms with Crippen molar-refractivity contribution in [3.05, 3.63) is 22.4 Å². The molecule has 0 aromatic carbocycles. The van der Waals surface area contributed by atoms with Crippen LogP contribution in [0.1, 0.15) is 29.4 Å². The van der Waals surface area contributed by atoms with E-state index in [4.69, 9.17) is 0 Å². The van der Waals surface area contributed by atoms with Gasteiger partial charge in [0.25, 0.3) is 5.91 Å². The summed E-state index contributed by atoms with van der Waals surface area (Å²) in [6, 6.07) is 4.21. The molecule has 0 saturated carbocycles. The average Bonchev–Trinajstić information content (AvgIpc) is 2.85. The van der Waals surface area contributed by atoms with Crippen LogP contribution in [0.5, 0.6) is 0 Å². The Morgan fingerprint density at radius 1 is 1.69 bits per heavy atom. The fourth-order valence-electron chi connectivity index (χ4n) is 2.21. The van der Waals surface area contributed by atoms with E-state index in [1.54, 1.807) is 0 Å². The Labute approximate surface area is 100 Å². The lowest BCUT2D eigenvalue weighted by Gasteiger charge is -2.33. The molecule has 88 valence electrons. The maximum Gasteiger partial charge on any atom is 0.264 e. The lowest BCUT2D eigenvalue weighted by Crippen LogP contribution is -2.48. The van der Waals surface area contributed by atoms with Crippen molar-refractivity contribution in [2.24, 2.45) is 0 Å². The molecule has 2 rings (SSSR count). The molecule has 0 radical (unpaired) electrons. The fraction of sp³-hybridized carbons (Fsp3) is 0.583. The highest BCUT2D eigenvalue weighted by atomic mass is 32.1. The van der Waals surface area contributed by atoms with Gasteiger partial charge in [-0.1, -0.05) is 6.07 Å². The zero-order valence-corrected chi connectivity index (χ0v) is 10.4. The second-order valence-corrected chi connectivity index (χ2v) is 5.02. The number of nitrogens with zero attached hydrogens (tertiary/aromatic N) is 1. The summed E-state index contributed by atoms with van der Waals surface area (Å²) in [5.74, 6) is 0.186. The number of thiophene rings is 1. The minimum absolute atomic E-state index is 0.186. The van der Waals surface area contributed by atoms with E-state index in [0.717, 1.165) is 30.9 Å². The number of carbonyl (C=O) groups excluding carboxylic acids is 1. The molecule has 1 aliphatic rings. The Balaban J connectivity index is 2.06. The summed E-state index contributed by atoms with van der Waals surface area (Å²) >= 11 is 1.53. The zero-order valence-electron chi connectivity index (χ0n) is 9.61. The molecule has 1 aromatic rings. The lowest BCUT2D eigenvalue weighted by atomic mass is 10.1. The Kier molecular flexibility index (Phi) is 3.96. The van der Waals surface area contributed by atoms with Gasteiger partial charge in [0.05, 0.1) is 4.88 Å². The topological polar surface area (TPSA) is 32.3 Å². The number of carbonyl (C=O) groups is 1. The van der Waals surface area contributed by atoms with Gasteiger partial charge in [0.2, 0.25) is 0 Å². The quantitative estimate of drug-likeness (QED) is 0.873. The van der Waals surface area contributed by atoms with Crippen LogP contribution < -0.4 is 5.32 Å². The minimum atomic E-state index is 0.186. The van der Waals surface area contributed by atoms with Gasteiger partial charge in [-0.3, -0.25) is 4.79 Å². The summed E-state index contributed by atoms with van der Waals surface area (Å²) in [6.07, 6.45) is 2.29. The largest absolute Gasteiger partial charge is 0.334 e. The van der Waals surface area contributed by atoms with E-state index in [1.165, 1.54) is 17.8 Å². The van der Waals surface area contributed by atoms with Gasteiger partial charge in [-0.15, -0.1) is 11.3 Å². The second kappa shape index (κ2) is 5.46. The third kappa shape index (κ3) is 2.44. The molecule has 3 nitrogen and oxygen atoms in total. The predicted octanol–water partition coefficient (Wildman–Crippen LogP) is 1.96. The van der Waals surface area contributed by atoms with Gasteiger partial charge < -0.3 is 10.2 Å². The molecule has 1 N–H and O–H groups in total. The smallest absolute Gasteiger partial charge is 0.264 e. The van der Waals surface area contributed by atoms with Crippen LogP contribution in [0.25, 0.3) is 0 Å². The van der Waals surface area contributed by atoms with Gasteiger partial charge >= 0.3 is 0 Å². The molecule has 1 atom stereocenters. The van der Waals surface area contributed by atoms with Gasteiger partial charge in [-0.05, 0) is 37.8 Å². The molecule has 0 aliphatic carbocycles. The fourth-order valence-corrected chi connectivity index (χ4v) is 2.89. The number of hydrogen-bond donors (Lipinski definition) is 1. The van der Waals surface area contributed by atoms with Crippen molar-refractivity contribution in [1.82, 2.24) is 10.2 Å². The van der Waals surface area contributed by atoms with Crippen molar-refractivity contribution in [3.63, 3.8) is 0 Å². The summed E-state index contributed by atoms with van der Waals surface area (Å²) in [5, 5.41) is 5.32. The third-order valence-corrected chi connectivity index (χ3v) is 3.90. The van der Waals surface area contributed by atoms with Crippen molar-refractivity contribution in [2.75, 3.05) is 19.6 Å². The number of nitrogens with one attached hydrogen (secondary N) is 1. The maximum atomic E-state index is 12.2. The summed E-state index contributed by atoms with van der Waals surface area (Å²) in [5.41, 5.74) is 0. The average molecular weight is 238 g/mol. The van der Waals surface area contributed by atoms with Crippen molar-refractivity contribution < 1.29 is 4.79 Å². The highest BCUT2D eigenvalue weighted by Gasteiger charge is 2.25. The normalized spacial score (nSPS) is 20.7. The molecule has 1 fully saturated rings. The molecule has 0 spiro atoms. The monoisotopic (exact) mass is 238 g/mol. The van der Waals surface area contributed by atoms with Crippen LogP contribution in [0.15, 0.2) is 17.5 Å². The Morgan fingerprint density at radius 3 is 3.12 bits per heavy atom. The summed E-state index contributed by atoms with van der Waals surface area (Å²) in [6.45, 7) is 4.87. The lowest BCUT2D eigenvalue weighted by molar-refractivity contribution is 0.0667. The molecule has 4 heteroatoms. The van der Waals surface area contributed by atoms with E-state index >= 15 is 0 Å². The summed E-state index contributed by atoms with van der Waals surface area (Å²) in [7, 11) is 0. The number of amides is 1. The van der Waals surface area contributed by atoms with Crippen LogP contribution in [0.2, 0.25) is 0 Å². The van der Waals surface area contributed by atoms with Crippen LogP contribution in [-0.4, -0.2) is 36.5 Å². The van der Waals surface area contributed by atoms with Crippen LogP contribution >= 0.6 is 11.3 Å². The van der Waals surface area contributed by atoms with Crippen molar-refractivity contribution in [2.45, 2.75) is 25.8 Å².